The summed E-state index contributed by atoms with van der Waals surface area (Å²) in [5.74, 6) is 1.04. The van der Waals surface area contributed by atoms with Crippen molar-refractivity contribution in [3.63, 3.8) is 0 Å². The highest BCUT2D eigenvalue weighted by Crippen LogP contribution is 2.24. The molecule has 2 rings (SSSR count). The van der Waals surface area contributed by atoms with E-state index in [0.717, 1.165) is 24.2 Å². The molecule has 0 amide bonds. The van der Waals surface area contributed by atoms with E-state index in [4.69, 9.17) is 4.74 Å². The summed E-state index contributed by atoms with van der Waals surface area (Å²) in [5.41, 5.74) is 0. The topological polar surface area (TPSA) is 41.5 Å². The van der Waals surface area contributed by atoms with Crippen LogP contribution in [0.3, 0.4) is 0 Å². The zero-order valence-corrected chi connectivity index (χ0v) is 9.97. The molecule has 1 saturated heterocycles. The minimum atomic E-state index is 0.271. The van der Waals surface area contributed by atoms with Crippen molar-refractivity contribution < 1.29 is 9.84 Å². The Balaban J connectivity index is 1.60. The number of aliphatic hydroxyl groups is 1. The van der Waals surface area contributed by atoms with Crippen molar-refractivity contribution in [3.8, 4) is 0 Å². The molecule has 2 fully saturated rings. The first-order valence-electron chi connectivity index (χ1n) is 5.94. The normalized spacial score (nSPS) is 25.4. The van der Waals surface area contributed by atoms with Crippen molar-refractivity contribution in [1.82, 2.24) is 5.32 Å². The zero-order chi connectivity index (χ0) is 10.5. The lowest BCUT2D eigenvalue weighted by Gasteiger charge is -2.24. The molecular formula is C11H21NO2S. The van der Waals surface area contributed by atoms with Crippen LogP contribution in [0.2, 0.25) is 0 Å². The van der Waals surface area contributed by atoms with Crippen LogP contribution in [0.5, 0.6) is 0 Å². The van der Waals surface area contributed by atoms with Gasteiger partial charge in [-0.3, -0.25) is 0 Å². The SMILES string of the molecule is OCC(CSC1CCOCC1)NC1CC1. The summed E-state index contributed by atoms with van der Waals surface area (Å²) in [4.78, 5) is 0. The van der Waals surface area contributed by atoms with Gasteiger partial charge in [-0.2, -0.15) is 11.8 Å². The van der Waals surface area contributed by atoms with E-state index < -0.39 is 0 Å². The van der Waals surface area contributed by atoms with E-state index in [9.17, 15) is 5.11 Å². The summed E-state index contributed by atoms with van der Waals surface area (Å²) in [6.45, 7) is 2.10. The number of aliphatic hydroxyl groups excluding tert-OH is 1. The average Bonchev–Trinajstić information content (AvgIpc) is 3.09. The second-order valence-corrected chi connectivity index (χ2v) is 5.80. The molecule has 0 bridgehead atoms. The minimum absolute atomic E-state index is 0.271. The van der Waals surface area contributed by atoms with Gasteiger partial charge in [-0.1, -0.05) is 0 Å². The number of ether oxygens (including phenoxy) is 1. The van der Waals surface area contributed by atoms with Gasteiger partial charge in [-0.15, -0.1) is 0 Å². The number of rotatable bonds is 6. The van der Waals surface area contributed by atoms with Crippen molar-refractivity contribution in [2.24, 2.45) is 0 Å². The Morgan fingerprint density at radius 3 is 2.60 bits per heavy atom. The first-order chi connectivity index (χ1) is 7.38. The van der Waals surface area contributed by atoms with Crippen molar-refractivity contribution in [2.45, 2.75) is 43.0 Å². The molecule has 2 N–H and O–H groups in total. The van der Waals surface area contributed by atoms with Crippen LogP contribution < -0.4 is 5.32 Å². The molecule has 1 aliphatic carbocycles. The van der Waals surface area contributed by atoms with Gasteiger partial charge in [0, 0.05) is 36.3 Å². The molecule has 88 valence electrons. The van der Waals surface area contributed by atoms with Crippen LogP contribution >= 0.6 is 11.8 Å². The predicted octanol–water partition coefficient (Wildman–Crippen LogP) is 1.01. The maximum atomic E-state index is 9.23. The van der Waals surface area contributed by atoms with E-state index in [-0.39, 0.29) is 6.61 Å². The molecular weight excluding hydrogens is 210 g/mol. The lowest BCUT2D eigenvalue weighted by Crippen LogP contribution is -2.37. The van der Waals surface area contributed by atoms with Crippen molar-refractivity contribution in [2.75, 3.05) is 25.6 Å². The summed E-state index contributed by atoms with van der Waals surface area (Å²) >= 11 is 2.00. The predicted molar refractivity (Wildman–Crippen MR) is 63.3 cm³/mol. The fourth-order valence-electron chi connectivity index (χ4n) is 1.83. The molecule has 3 nitrogen and oxygen atoms in total. The average molecular weight is 231 g/mol. The Bertz CT molecular complexity index is 181. The third-order valence-electron chi connectivity index (χ3n) is 2.97. The number of hydrogen-bond donors (Lipinski definition) is 2. The standard InChI is InChI=1S/C11H21NO2S/c13-7-10(12-9-1-2-9)8-15-11-3-5-14-6-4-11/h9-13H,1-8H2. The molecule has 0 radical (unpaired) electrons. The Labute approximate surface area is 96.0 Å². The summed E-state index contributed by atoms with van der Waals surface area (Å²) in [7, 11) is 0. The maximum absolute atomic E-state index is 9.23. The third-order valence-corrected chi connectivity index (χ3v) is 4.51. The molecule has 15 heavy (non-hydrogen) atoms. The van der Waals surface area contributed by atoms with Gasteiger partial charge in [-0.05, 0) is 25.7 Å². The van der Waals surface area contributed by atoms with E-state index in [2.05, 4.69) is 5.32 Å². The summed E-state index contributed by atoms with van der Waals surface area (Å²) < 4.78 is 5.33. The Morgan fingerprint density at radius 1 is 1.27 bits per heavy atom. The van der Waals surface area contributed by atoms with Crippen molar-refractivity contribution in [1.29, 1.82) is 0 Å². The number of thioether (sulfide) groups is 1. The van der Waals surface area contributed by atoms with Gasteiger partial charge in [0.2, 0.25) is 0 Å². The summed E-state index contributed by atoms with van der Waals surface area (Å²) in [6.07, 6.45) is 4.93. The molecule has 0 aromatic heterocycles. The van der Waals surface area contributed by atoms with Crippen LogP contribution in [0.15, 0.2) is 0 Å². The zero-order valence-electron chi connectivity index (χ0n) is 9.15. The number of nitrogens with one attached hydrogen (secondary N) is 1. The molecule has 1 aliphatic heterocycles. The van der Waals surface area contributed by atoms with Crippen LogP contribution in [0, 0.1) is 0 Å². The molecule has 1 atom stereocenters. The van der Waals surface area contributed by atoms with Crippen LogP contribution in [-0.4, -0.2) is 48.0 Å². The largest absolute Gasteiger partial charge is 0.395 e. The highest BCUT2D eigenvalue weighted by molar-refractivity contribution is 7.99. The van der Waals surface area contributed by atoms with Gasteiger partial charge in [0.15, 0.2) is 0 Å². The first-order valence-corrected chi connectivity index (χ1v) is 6.99. The van der Waals surface area contributed by atoms with Gasteiger partial charge in [0.1, 0.15) is 0 Å². The Kier molecular flexibility index (Phi) is 4.75. The first kappa shape index (κ1) is 11.7. The molecule has 1 unspecified atom stereocenters. The molecule has 1 saturated carbocycles. The van der Waals surface area contributed by atoms with E-state index in [1.165, 1.54) is 25.7 Å². The smallest absolute Gasteiger partial charge is 0.0592 e. The summed E-state index contributed by atoms with van der Waals surface area (Å²) in [6, 6.07) is 0.989. The fourth-order valence-corrected chi connectivity index (χ4v) is 3.06. The van der Waals surface area contributed by atoms with E-state index in [1.54, 1.807) is 0 Å². The van der Waals surface area contributed by atoms with Gasteiger partial charge in [0.05, 0.1) is 6.61 Å². The van der Waals surface area contributed by atoms with Crippen molar-refractivity contribution in [3.05, 3.63) is 0 Å². The Morgan fingerprint density at radius 2 is 2.00 bits per heavy atom. The molecule has 4 heteroatoms. The van der Waals surface area contributed by atoms with Gasteiger partial charge in [-0.25, -0.2) is 0 Å². The van der Waals surface area contributed by atoms with Gasteiger partial charge < -0.3 is 15.2 Å². The molecule has 0 aromatic rings. The Hall–Kier alpha value is 0.230. The quantitative estimate of drug-likeness (QED) is 0.716. The molecule has 0 aromatic carbocycles. The molecule has 0 spiro atoms. The monoisotopic (exact) mass is 231 g/mol. The van der Waals surface area contributed by atoms with Crippen LogP contribution in [0.1, 0.15) is 25.7 Å². The second kappa shape index (κ2) is 6.09. The van der Waals surface area contributed by atoms with E-state index in [0.29, 0.717) is 12.1 Å². The number of hydrogen-bond acceptors (Lipinski definition) is 4. The van der Waals surface area contributed by atoms with Gasteiger partial charge in [0.25, 0.3) is 0 Å². The highest BCUT2D eigenvalue weighted by atomic mass is 32.2. The lowest BCUT2D eigenvalue weighted by molar-refractivity contribution is 0.1000. The van der Waals surface area contributed by atoms with Crippen LogP contribution in [0.4, 0.5) is 0 Å². The highest BCUT2D eigenvalue weighted by Gasteiger charge is 2.25. The second-order valence-electron chi connectivity index (χ2n) is 4.47. The maximum Gasteiger partial charge on any atom is 0.0592 e. The van der Waals surface area contributed by atoms with Crippen molar-refractivity contribution >= 4 is 11.8 Å². The lowest BCUT2D eigenvalue weighted by atomic mass is 10.2. The molecule has 2 aliphatic rings. The third kappa shape index (κ3) is 4.31. The minimum Gasteiger partial charge on any atom is -0.395 e. The van der Waals surface area contributed by atoms with E-state index in [1.807, 2.05) is 11.8 Å². The molecule has 1 heterocycles. The van der Waals surface area contributed by atoms with Gasteiger partial charge >= 0.3 is 0 Å². The fraction of sp³-hybridized carbons (Fsp3) is 1.00. The van der Waals surface area contributed by atoms with Crippen LogP contribution in [-0.2, 0) is 4.74 Å². The van der Waals surface area contributed by atoms with E-state index >= 15 is 0 Å². The van der Waals surface area contributed by atoms with Crippen LogP contribution in [0.25, 0.3) is 0 Å². The summed E-state index contributed by atoms with van der Waals surface area (Å²) in [5, 5.41) is 13.5.